The van der Waals surface area contributed by atoms with Crippen LogP contribution in [0.5, 0.6) is 0 Å². The smallest absolute Gasteiger partial charge is 0.325 e. The average Bonchev–Trinajstić information content (AvgIpc) is 2.66. The van der Waals surface area contributed by atoms with Crippen LogP contribution in [0.25, 0.3) is 0 Å². The lowest BCUT2D eigenvalue weighted by Gasteiger charge is -2.25. The first-order valence-corrected chi connectivity index (χ1v) is 9.94. The van der Waals surface area contributed by atoms with Crippen LogP contribution < -0.4 is 21.7 Å². The number of aliphatic carboxylic acids is 1. The molecule has 0 aromatic heterocycles. The fourth-order valence-electron chi connectivity index (χ4n) is 2.71. The van der Waals surface area contributed by atoms with Crippen LogP contribution in [0.3, 0.4) is 0 Å². The summed E-state index contributed by atoms with van der Waals surface area (Å²) in [4.78, 5) is 48.7. The molecule has 1 rings (SSSR count). The molecule has 9 nitrogen and oxygen atoms in total. The number of amides is 3. The lowest BCUT2D eigenvalue weighted by molar-refractivity contribution is -0.141. The number of carbonyl (C=O) groups excluding carboxylic acids is 3. The Bertz CT molecular complexity index is 736. The summed E-state index contributed by atoms with van der Waals surface area (Å²) in [6.45, 7) is 6.66. The average molecular weight is 421 g/mol. The van der Waals surface area contributed by atoms with Gasteiger partial charge in [0.1, 0.15) is 18.1 Å². The summed E-state index contributed by atoms with van der Waals surface area (Å²) in [6, 6.07) is 5.26. The van der Waals surface area contributed by atoms with Crippen molar-refractivity contribution in [1.82, 2.24) is 16.0 Å². The lowest BCUT2D eigenvalue weighted by atomic mass is 10.0. The standard InChI is InChI=1S/C21H32N4O5/c1-12(2)10-16(24-18(26)13(3)22)20(28)25-17(11-15-8-6-5-7-9-15)19(27)23-14(4)21(29)30/h5-9,12-14,16-17H,10-11,22H2,1-4H3,(H,23,27)(H,24,26)(H,25,28)(H,29,30). The normalized spacial score (nSPS) is 14.9. The Labute approximate surface area is 176 Å². The zero-order chi connectivity index (χ0) is 22.8. The van der Waals surface area contributed by atoms with Crippen LogP contribution >= 0.6 is 0 Å². The van der Waals surface area contributed by atoms with Crippen LogP contribution in [0, 0.1) is 5.92 Å². The first kappa shape index (κ1) is 25.1. The zero-order valence-electron chi connectivity index (χ0n) is 17.8. The number of carbonyl (C=O) groups is 4. The van der Waals surface area contributed by atoms with Gasteiger partial charge in [-0.2, -0.15) is 0 Å². The summed E-state index contributed by atoms with van der Waals surface area (Å²) < 4.78 is 0. The molecule has 0 saturated carbocycles. The summed E-state index contributed by atoms with van der Waals surface area (Å²) in [5, 5.41) is 16.7. The van der Waals surface area contributed by atoms with Crippen molar-refractivity contribution in [2.75, 3.05) is 0 Å². The maximum atomic E-state index is 12.9. The van der Waals surface area contributed by atoms with E-state index in [1.165, 1.54) is 13.8 Å². The first-order valence-electron chi connectivity index (χ1n) is 9.94. The second-order valence-corrected chi connectivity index (χ2v) is 7.80. The SMILES string of the molecule is CC(C)CC(NC(=O)C(C)N)C(=O)NC(Cc1ccccc1)C(=O)NC(C)C(=O)O. The molecule has 0 aliphatic heterocycles. The minimum absolute atomic E-state index is 0.0996. The van der Waals surface area contributed by atoms with Gasteiger partial charge in [-0.1, -0.05) is 44.2 Å². The predicted molar refractivity (Wildman–Crippen MR) is 112 cm³/mol. The van der Waals surface area contributed by atoms with Gasteiger partial charge in [-0.3, -0.25) is 19.2 Å². The maximum absolute atomic E-state index is 12.9. The number of rotatable bonds is 11. The van der Waals surface area contributed by atoms with Crippen LogP contribution in [-0.2, 0) is 25.6 Å². The van der Waals surface area contributed by atoms with Gasteiger partial charge in [0.25, 0.3) is 0 Å². The van der Waals surface area contributed by atoms with Crippen molar-refractivity contribution in [2.45, 2.75) is 64.7 Å². The number of nitrogens with two attached hydrogens (primary N) is 1. The predicted octanol–water partition coefficient (Wildman–Crippen LogP) is 0.181. The van der Waals surface area contributed by atoms with Gasteiger partial charge in [-0.15, -0.1) is 0 Å². The fourth-order valence-corrected chi connectivity index (χ4v) is 2.71. The number of benzene rings is 1. The number of carboxylic acids is 1. The topological polar surface area (TPSA) is 151 Å². The molecule has 0 aliphatic carbocycles. The number of nitrogens with one attached hydrogen (secondary N) is 3. The Morgan fingerprint density at radius 1 is 0.867 bits per heavy atom. The molecule has 0 radical (unpaired) electrons. The van der Waals surface area contributed by atoms with Gasteiger partial charge in [0.15, 0.2) is 0 Å². The molecule has 9 heteroatoms. The molecule has 166 valence electrons. The van der Waals surface area contributed by atoms with E-state index in [4.69, 9.17) is 10.8 Å². The van der Waals surface area contributed by atoms with E-state index in [2.05, 4.69) is 16.0 Å². The monoisotopic (exact) mass is 420 g/mol. The van der Waals surface area contributed by atoms with E-state index in [-0.39, 0.29) is 12.3 Å². The Morgan fingerprint density at radius 2 is 1.40 bits per heavy atom. The molecule has 1 aromatic carbocycles. The first-order chi connectivity index (χ1) is 14.0. The van der Waals surface area contributed by atoms with Crippen molar-refractivity contribution in [2.24, 2.45) is 11.7 Å². The van der Waals surface area contributed by atoms with E-state index in [0.29, 0.717) is 6.42 Å². The highest BCUT2D eigenvalue weighted by atomic mass is 16.4. The van der Waals surface area contributed by atoms with Crippen molar-refractivity contribution in [3.8, 4) is 0 Å². The molecule has 6 N–H and O–H groups in total. The Balaban J connectivity index is 3.02. The molecule has 4 unspecified atom stereocenters. The second kappa shape index (κ2) is 11.9. The number of carboxylic acid groups (broad SMARTS) is 1. The second-order valence-electron chi connectivity index (χ2n) is 7.80. The van der Waals surface area contributed by atoms with Gasteiger partial charge in [0.05, 0.1) is 6.04 Å². The molecule has 30 heavy (non-hydrogen) atoms. The van der Waals surface area contributed by atoms with Gasteiger partial charge in [-0.25, -0.2) is 0 Å². The van der Waals surface area contributed by atoms with Crippen molar-refractivity contribution in [1.29, 1.82) is 0 Å². The molecule has 4 atom stereocenters. The van der Waals surface area contributed by atoms with E-state index >= 15 is 0 Å². The van der Waals surface area contributed by atoms with Gasteiger partial charge in [0.2, 0.25) is 17.7 Å². The van der Waals surface area contributed by atoms with Crippen molar-refractivity contribution in [3.63, 3.8) is 0 Å². The van der Waals surface area contributed by atoms with Gasteiger partial charge < -0.3 is 26.8 Å². The van der Waals surface area contributed by atoms with Crippen molar-refractivity contribution in [3.05, 3.63) is 35.9 Å². The summed E-state index contributed by atoms with van der Waals surface area (Å²) in [5.41, 5.74) is 6.38. The Hall–Kier alpha value is -2.94. The third kappa shape index (κ3) is 8.60. The summed E-state index contributed by atoms with van der Waals surface area (Å²) >= 11 is 0. The number of hydrogen-bond donors (Lipinski definition) is 5. The molecular formula is C21H32N4O5. The highest BCUT2D eigenvalue weighted by Crippen LogP contribution is 2.08. The van der Waals surface area contributed by atoms with Crippen LogP contribution in [-0.4, -0.2) is 53.0 Å². The lowest BCUT2D eigenvalue weighted by Crippen LogP contribution is -2.57. The molecule has 0 spiro atoms. The van der Waals surface area contributed by atoms with E-state index in [0.717, 1.165) is 5.56 Å². The third-order valence-electron chi connectivity index (χ3n) is 4.40. The van der Waals surface area contributed by atoms with Crippen LogP contribution in [0.15, 0.2) is 30.3 Å². The molecule has 0 saturated heterocycles. The van der Waals surface area contributed by atoms with Crippen LogP contribution in [0.1, 0.15) is 39.7 Å². The largest absolute Gasteiger partial charge is 0.480 e. The number of hydrogen-bond acceptors (Lipinski definition) is 5. The van der Waals surface area contributed by atoms with E-state index in [1.807, 2.05) is 19.9 Å². The summed E-state index contributed by atoms with van der Waals surface area (Å²) in [5.74, 6) is -2.71. The van der Waals surface area contributed by atoms with Crippen molar-refractivity contribution < 1.29 is 24.3 Å². The maximum Gasteiger partial charge on any atom is 0.325 e. The molecule has 0 aliphatic rings. The third-order valence-corrected chi connectivity index (χ3v) is 4.40. The Kier molecular flexibility index (Phi) is 9.97. The Morgan fingerprint density at radius 3 is 1.90 bits per heavy atom. The van der Waals surface area contributed by atoms with Crippen LogP contribution in [0.2, 0.25) is 0 Å². The molecule has 1 aromatic rings. The van der Waals surface area contributed by atoms with E-state index in [1.54, 1.807) is 24.3 Å². The minimum Gasteiger partial charge on any atom is -0.480 e. The molecular weight excluding hydrogens is 388 g/mol. The van der Waals surface area contributed by atoms with Gasteiger partial charge in [0, 0.05) is 6.42 Å². The molecule has 0 heterocycles. The van der Waals surface area contributed by atoms with E-state index < -0.39 is 47.9 Å². The minimum atomic E-state index is -1.19. The molecule has 3 amide bonds. The highest BCUT2D eigenvalue weighted by Gasteiger charge is 2.29. The summed E-state index contributed by atoms with van der Waals surface area (Å²) in [7, 11) is 0. The summed E-state index contributed by atoms with van der Waals surface area (Å²) in [6.07, 6.45) is 0.524. The zero-order valence-corrected chi connectivity index (χ0v) is 17.8. The highest BCUT2D eigenvalue weighted by molar-refractivity contribution is 5.94. The fraction of sp³-hybridized carbons (Fsp3) is 0.524. The van der Waals surface area contributed by atoms with Crippen LogP contribution in [0.4, 0.5) is 0 Å². The molecule has 0 fully saturated rings. The van der Waals surface area contributed by atoms with E-state index in [9.17, 15) is 19.2 Å². The van der Waals surface area contributed by atoms with Gasteiger partial charge >= 0.3 is 5.97 Å². The molecule has 0 bridgehead atoms. The quantitative estimate of drug-likeness (QED) is 0.345. The van der Waals surface area contributed by atoms with Gasteiger partial charge in [-0.05, 0) is 31.7 Å². The van der Waals surface area contributed by atoms with Crippen molar-refractivity contribution >= 4 is 23.7 Å².